The lowest BCUT2D eigenvalue weighted by atomic mass is 10.3. The molecule has 2 aliphatic rings. The molecule has 0 radical (unpaired) electrons. The maximum atomic E-state index is 12.5. The van der Waals surface area contributed by atoms with Crippen LogP contribution in [0.3, 0.4) is 0 Å². The van der Waals surface area contributed by atoms with Crippen molar-refractivity contribution in [3.05, 3.63) is 47.8 Å². The molecule has 17 heavy (non-hydrogen) atoms. The Morgan fingerprint density at radius 2 is 1.82 bits per heavy atom. The monoisotopic (exact) mass is 229 g/mol. The first-order chi connectivity index (χ1) is 8.28. The molecule has 0 unspecified atom stereocenters. The molecular weight excluding hydrogens is 214 g/mol. The molecule has 0 aromatic heterocycles. The van der Waals surface area contributed by atoms with Crippen LogP contribution in [0.2, 0.25) is 0 Å². The maximum Gasteiger partial charge on any atom is 0.191 e. The zero-order chi connectivity index (χ0) is 11.7. The van der Waals surface area contributed by atoms with Gasteiger partial charge in [0.05, 0.1) is 0 Å². The highest BCUT2D eigenvalue weighted by Gasteiger charge is 2.27. The number of benzene rings is 1. The van der Waals surface area contributed by atoms with Crippen LogP contribution < -0.4 is 4.76 Å². The van der Waals surface area contributed by atoms with Crippen molar-refractivity contribution < 1.29 is 0 Å². The summed E-state index contributed by atoms with van der Waals surface area (Å²) in [6, 6.07) is 9.26. The molecule has 0 spiro atoms. The van der Waals surface area contributed by atoms with E-state index in [-0.39, 0.29) is 0 Å². The van der Waals surface area contributed by atoms with Crippen LogP contribution in [0.4, 0.5) is 5.69 Å². The molecule has 0 aliphatic carbocycles. The summed E-state index contributed by atoms with van der Waals surface area (Å²) in [5.74, 6) is 0.821. The van der Waals surface area contributed by atoms with E-state index in [2.05, 4.69) is 10.0 Å². The SMILES string of the molecule is [O-][N@+]1(c2ccccc2)C=CC(N2CCCC2)=N1. The predicted molar refractivity (Wildman–Crippen MR) is 69.0 cm³/mol. The number of hydrogen-bond donors (Lipinski definition) is 0. The van der Waals surface area contributed by atoms with Crippen LogP contribution in [0, 0.1) is 5.21 Å². The van der Waals surface area contributed by atoms with E-state index in [1.54, 1.807) is 6.20 Å². The van der Waals surface area contributed by atoms with Gasteiger partial charge in [0.1, 0.15) is 6.20 Å². The van der Waals surface area contributed by atoms with Crippen LogP contribution in [0.1, 0.15) is 12.8 Å². The lowest BCUT2D eigenvalue weighted by Gasteiger charge is -2.28. The second-order valence-electron chi connectivity index (χ2n) is 4.43. The van der Waals surface area contributed by atoms with Gasteiger partial charge in [-0.2, -0.15) is 4.76 Å². The van der Waals surface area contributed by atoms with Crippen LogP contribution in [-0.2, 0) is 0 Å². The molecule has 0 amide bonds. The summed E-state index contributed by atoms with van der Waals surface area (Å²) in [5.41, 5.74) is 0.651. The molecule has 1 saturated heterocycles. The average molecular weight is 229 g/mol. The first-order valence-corrected chi connectivity index (χ1v) is 5.98. The van der Waals surface area contributed by atoms with E-state index < -0.39 is 4.76 Å². The van der Waals surface area contributed by atoms with Gasteiger partial charge in [-0.15, -0.1) is 0 Å². The number of likely N-dealkylation sites (tertiary alicyclic amines) is 1. The molecule has 2 heterocycles. The fraction of sp³-hybridized carbons (Fsp3) is 0.308. The molecule has 0 N–H and O–H groups in total. The summed E-state index contributed by atoms with van der Waals surface area (Å²) in [7, 11) is 0. The smallest absolute Gasteiger partial charge is 0.191 e. The number of quaternary nitrogens is 1. The van der Waals surface area contributed by atoms with Crippen molar-refractivity contribution >= 4 is 11.5 Å². The summed E-state index contributed by atoms with van der Waals surface area (Å²) in [6.45, 7) is 2.02. The second-order valence-corrected chi connectivity index (χ2v) is 4.43. The fourth-order valence-electron chi connectivity index (χ4n) is 2.29. The summed E-state index contributed by atoms with van der Waals surface area (Å²) in [4.78, 5) is 2.18. The van der Waals surface area contributed by atoms with Crippen LogP contribution in [0.15, 0.2) is 47.7 Å². The summed E-state index contributed by atoms with van der Waals surface area (Å²) >= 11 is 0. The van der Waals surface area contributed by atoms with Crippen molar-refractivity contribution in [2.75, 3.05) is 13.1 Å². The second kappa shape index (κ2) is 3.98. The third kappa shape index (κ3) is 1.85. The van der Waals surface area contributed by atoms with Crippen LogP contribution >= 0.6 is 0 Å². The van der Waals surface area contributed by atoms with E-state index in [1.807, 2.05) is 36.4 Å². The molecule has 1 aromatic rings. The highest BCUT2D eigenvalue weighted by atomic mass is 16.6. The number of amidine groups is 1. The van der Waals surface area contributed by atoms with Gasteiger partial charge < -0.3 is 10.1 Å². The van der Waals surface area contributed by atoms with Crippen molar-refractivity contribution in [3.63, 3.8) is 0 Å². The van der Waals surface area contributed by atoms with Crippen molar-refractivity contribution in [2.24, 2.45) is 5.10 Å². The van der Waals surface area contributed by atoms with Gasteiger partial charge in [-0.3, -0.25) is 0 Å². The van der Waals surface area contributed by atoms with E-state index in [0.717, 1.165) is 18.9 Å². The molecule has 2 aliphatic heterocycles. The number of hydrogen-bond acceptors (Lipinski definition) is 3. The largest absolute Gasteiger partial charge is 0.595 e. The van der Waals surface area contributed by atoms with E-state index in [1.165, 1.54) is 12.8 Å². The third-order valence-corrected chi connectivity index (χ3v) is 3.23. The van der Waals surface area contributed by atoms with Gasteiger partial charge in [0.25, 0.3) is 0 Å². The Morgan fingerprint density at radius 1 is 1.12 bits per heavy atom. The van der Waals surface area contributed by atoms with E-state index >= 15 is 0 Å². The molecule has 4 heteroatoms. The minimum Gasteiger partial charge on any atom is -0.595 e. The Kier molecular flexibility index (Phi) is 2.46. The number of hydroxylamine groups is 1. The number of para-hydroxylation sites is 1. The Balaban J connectivity index is 1.89. The molecule has 88 valence electrons. The highest BCUT2D eigenvalue weighted by molar-refractivity contribution is 5.95. The molecule has 0 bridgehead atoms. The summed E-state index contributed by atoms with van der Waals surface area (Å²) in [6.07, 6.45) is 5.82. The number of rotatable bonds is 1. The van der Waals surface area contributed by atoms with E-state index in [9.17, 15) is 5.21 Å². The van der Waals surface area contributed by atoms with Crippen molar-refractivity contribution in [1.29, 1.82) is 0 Å². The zero-order valence-corrected chi connectivity index (χ0v) is 9.62. The standard InChI is InChI=1S/C13H15N3O/c17-16(12-6-2-1-3-7-12)11-8-13(14-16)15-9-4-5-10-15/h1-3,6-8,11H,4-5,9-10H2/t16-/m0/s1. The van der Waals surface area contributed by atoms with Crippen LogP contribution in [0.5, 0.6) is 0 Å². The molecule has 1 fully saturated rings. The van der Waals surface area contributed by atoms with Crippen molar-refractivity contribution in [2.45, 2.75) is 12.8 Å². The van der Waals surface area contributed by atoms with Crippen molar-refractivity contribution in [1.82, 2.24) is 9.66 Å². The lowest BCUT2D eigenvalue weighted by Crippen LogP contribution is -2.31. The molecule has 1 atom stereocenters. The van der Waals surface area contributed by atoms with E-state index in [0.29, 0.717) is 5.69 Å². The van der Waals surface area contributed by atoms with Crippen LogP contribution in [-0.4, -0.2) is 23.8 Å². The molecule has 3 rings (SSSR count). The van der Waals surface area contributed by atoms with Crippen molar-refractivity contribution in [3.8, 4) is 0 Å². The summed E-state index contributed by atoms with van der Waals surface area (Å²) < 4.78 is -0.716. The Labute approximate surface area is 101 Å². The minimum absolute atomic E-state index is 0.651. The minimum atomic E-state index is -0.716. The van der Waals surface area contributed by atoms with Gasteiger partial charge in [-0.05, 0) is 12.8 Å². The topological polar surface area (TPSA) is 38.7 Å². The van der Waals surface area contributed by atoms with Gasteiger partial charge in [-0.25, -0.2) is 0 Å². The average Bonchev–Trinajstić information content (AvgIpc) is 3.00. The highest BCUT2D eigenvalue weighted by Crippen LogP contribution is 2.27. The first kappa shape index (κ1) is 10.5. The molecular formula is C13H15N3O. The predicted octanol–water partition coefficient (Wildman–Crippen LogP) is 2.43. The lowest BCUT2D eigenvalue weighted by molar-refractivity contribution is 0.489. The van der Waals surface area contributed by atoms with Gasteiger partial charge in [0.15, 0.2) is 11.5 Å². The Morgan fingerprint density at radius 3 is 2.53 bits per heavy atom. The van der Waals surface area contributed by atoms with Gasteiger partial charge in [-0.1, -0.05) is 23.3 Å². The third-order valence-electron chi connectivity index (χ3n) is 3.23. The molecule has 4 nitrogen and oxygen atoms in total. The van der Waals surface area contributed by atoms with Gasteiger partial charge >= 0.3 is 0 Å². The zero-order valence-electron chi connectivity index (χ0n) is 9.62. The summed E-state index contributed by atoms with van der Waals surface area (Å²) in [5, 5.41) is 16.8. The number of nitrogens with zero attached hydrogens (tertiary/aromatic N) is 3. The fourth-order valence-corrected chi connectivity index (χ4v) is 2.29. The van der Waals surface area contributed by atoms with Gasteiger partial charge in [0.2, 0.25) is 0 Å². The first-order valence-electron chi connectivity index (χ1n) is 5.98. The maximum absolute atomic E-state index is 12.5. The molecule has 0 saturated carbocycles. The Hall–Kier alpha value is -1.65. The van der Waals surface area contributed by atoms with Gasteiger partial charge in [0, 0.05) is 31.3 Å². The van der Waals surface area contributed by atoms with E-state index in [4.69, 9.17) is 0 Å². The van der Waals surface area contributed by atoms with Crippen LogP contribution in [0.25, 0.3) is 0 Å². The normalized spacial score (nSPS) is 27.6. The Bertz CT molecular complexity index is 463. The molecule has 1 aromatic carbocycles. The quantitative estimate of drug-likeness (QED) is 0.548.